The third-order valence-corrected chi connectivity index (χ3v) is 9.75. The van der Waals surface area contributed by atoms with Gasteiger partial charge >= 0.3 is 5.97 Å². The molecule has 2 aromatic carbocycles. The lowest BCUT2D eigenvalue weighted by Gasteiger charge is -2.30. The maximum absolute atomic E-state index is 15.2. The van der Waals surface area contributed by atoms with Crippen LogP contribution in [0.4, 0.5) is 10.1 Å². The van der Waals surface area contributed by atoms with Gasteiger partial charge in [-0.05, 0) is 67.4 Å². The molecule has 4 aromatic rings. The largest absolute Gasteiger partial charge is 0.493 e. The van der Waals surface area contributed by atoms with Crippen molar-refractivity contribution < 1.29 is 36.6 Å². The molecular weight excluding hydrogens is 609 g/mol. The van der Waals surface area contributed by atoms with Crippen molar-refractivity contribution in [2.75, 3.05) is 45.2 Å². The molecular formula is C31H34FN3O7S2. The minimum absolute atomic E-state index is 0.0466. The SMILES string of the molecule is COC(=O)c1sccc1S(=O)(=O)Nc1ccc(Oc2ccnc3cc(OCCCN4CCCC(C)C4)c(OC)cc23)c(F)c1. The second-order valence-electron chi connectivity index (χ2n) is 10.5. The van der Waals surface area contributed by atoms with Crippen LogP contribution in [0.3, 0.4) is 0 Å². The quantitative estimate of drug-likeness (QED) is 0.140. The molecule has 0 amide bonds. The fourth-order valence-corrected chi connectivity index (χ4v) is 7.56. The zero-order valence-corrected chi connectivity index (χ0v) is 26.3. The molecule has 2 aromatic heterocycles. The van der Waals surface area contributed by atoms with Crippen LogP contribution >= 0.6 is 11.3 Å². The van der Waals surface area contributed by atoms with Crippen molar-refractivity contribution in [1.82, 2.24) is 9.88 Å². The molecule has 1 atom stereocenters. The number of carbonyl (C=O) groups is 1. The highest BCUT2D eigenvalue weighted by Gasteiger charge is 2.25. The van der Waals surface area contributed by atoms with E-state index >= 15 is 4.39 Å². The molecule has 44 heavy (non-hydrogen) atoms. The minimum atomic E-state index is -4.19. The van der Waals surface area contributed by atoms with Gasteiger partial charge in [-0.1, -0.05) is 6.92 Å². The van der Waals surface area contributed by atoms with Crippen molar-refractivity contribution in [2.45, 2.75) is 31.1 Å². The number of likely N-dealkylation sites (tertiary alicyclic amines) is 1. The first-order chi connectivity index (χ1) is 21.2. The Morgan fingerprint density at radius 3 is 2.70 bits per heavy atom. The number of aromatic nitrogens is 1. The maximum atomic E-state index is 15.2. The van der Waals surface area contributed by atoms with Crippen LogP contribution in [-0.2, 0) is 14.8 Å². The molecule has 1 N–H and O–H groups in total. The molecule has 234 valence electrons. The summed E-state index contributed by atoms with van der Waals surface area (Å²) < 4.78 is 65.4. The second-order valence-corrected chi connectivity index (χ2v) is 13.1. The van der Waals surface area contributed by atoms with Crippen molar-refractivity contribution in [3.63, 3.8) is 0 Å². The van der Waals surface area contributed by atoms with Crippen molar-refractivity contribution in [1.29, 1.82) is 0 Å². The highest BCUT2D eigenvalue weighted by atomic mass is 32.2. The molecule has 10 nitrogen and oxygen atoms in total. The third kappa shape index (κ3) is 7.22. The summed E-state index contributed by atoms with van der Waals surface area (Å²) in [5.74, 6) is 0.393. The van der Waals surface area contributed by atoms with Gasteiger partial charge in [0.1, 0.15) is 15.5 Å². The van der Waals surface area contributed by atoms with E-state index in [1.807, 2.05) is 0 Å². The number of carbonyl (C=O) groups excluding carboxylic acids is 1. The van der Waals surface area contributed by atoms with Gasteiger partial charge in [0.2, 0.25) is 0 Å². The monoisotopic (exact) mass is 643 g/mol. The number of sulfonamides is 1. The number of fused-ring (bicyclic) bond motifs is 1. The Bertz CT molecular complexity index is 1750. The van der Waals surface area contributed by atoms with E-state index < -0.39 is 21.8 Å². The number of ether oxygens (including phenoxy) is 4. The molecule has 3 heterocycles. The zero-order chi connectivity index (χ0) is 31.3. The minimum Gasteiger partial charge on any atom is -0.493 e. The fraction of sp³-hybridized carbons (Fsp3) is 0.355. The summed E-state index contributed by atoms with van der Waals surface area (Å²) in [5, 5.41) is 2.04. The summed E-state index contributed by atoms with van der Waals surface area (Å²) >= 11 is 0.929. The van der Waals surface area contributed by atoms with E-state index in [-0.39, 0.29) is 21.2 Å². The van der Waals surface area contributed by atoms with Crippen LogP contribution in [0.15, 0.2) is 58.9 Å². The fourth-order valence-electron chi connectivity index (χ4n) is 5.18. The van der Waals surface area contributed by atoms with Gasteiger partial charge in [0, 0.05) is 36.8 Å². The van der Waals surface area contributed by atoms with Crippen LogP contribution in [0.5, 0.6) is 23.0 Å². The van der Waals surface area contributed by atoms with Crippen molar-refractivity contribution >= 4 is 43.9 Å². The summed E-state index contributed by atoms with van der Waals surface area (Å²) in [6, 6.07) is 10.1. The lowest BCUT2D eigenvalue weighted by molar-refractivity contribution is 0.0602. The molecule has 0 aliphatic carbocycles. The number of hydrogen-bond donors (Lipinski definition) is 1. The number of esters is 1. The van der Waals surface area contributed by atoms with Crippen LogP contribution in [0, 0.1) is 11.7 Å². The summed E-state index contributed by atoms with van der Waals surface area (Å²) in [4.78, 5) is 18.5. The van der Waals surface area contributed by atoms with E-state index in [1.165, 1.54) is 36.4 Å². The Labute approximate surface area is 259 Å². The van der Waals surface area contributed by atoms with E-state index in [0.717, 1.165) is 56.5 Å². The Hall–Kier alpha value is -3.94. The normalized spacial score (nSPS) is 15.6. The first-order valence-corrected chi connectivity index (χ1v) is 16.5. The molecule has 13 heteroatoms. The number of rotatable bonds is 12. The molecule has 5 rings (SSSR count). The number of thiophene rings is 1. The highest BCUT2D eigenvalue weighted by molar-refractivity contribution is 7.93. The van der Waals surface area contributed by atoms with Crippen molar-refractivity contribution in [3.8, 4) is 23.0 Å². The Balaban J connectivity index is 1.29. The predicted octanol–water partition coefficient (Wildman–Crippen LogP) is 6.32. The molecule has 1 unspecified atom stereocenters. The van der Waals surface area contributed by atoms with Gasteiger partial charge in [0.05, 0.1) is 32.0 Å². The number of benzene rings is 2. The molecule has 1 aliphatic heterocycles. The summed E-state index contributed by atoms with van der Waals surface area (Å²) in [7, 11) is -1.48. The Morgan fingerprint density at radius 1 is 1.11 bits per heavy atom. The number of piperidine rings is 1. The highest BCUT2D eigenvalue weighted by Crippen LogP contribution is 2.38. The van der Waals surface area contributed by atoms with E-state index in [1.54, 1.807) is 31.5 Å². The number of hydrogen-bond acceptors (Lipinski definition) is 10. The Morgan fingerprint density at radius 2 is 1.95 bits per heavy atom. The number of halogens is 1. The Kier molecular flexibility index (Phi) is 9.87. The molecule has 1 aliphatic rings. The topological polar surface area (TPSA) is 116 Å². The van der Waals surface area contributed by atoms with Crippen molar-refractivity contribution in [3.05, 3.63) is 64.7 Å². The average molecular weight is 644 g/mol. The van der Waals surface area contributed by atoms with Gasteiger partial charge in [-0.25, -0.2) is 17.6 Å². The number of pyridine rings is 1. The van der Waals surface area contributed by atoms with Gasteiger partial charge in [-0.3, -0.25) is 9.71 Å². The van der Waals surface area contributed by atoms with Crippen LogP contribution in [0.25, 0.3) is 10.9 Å². The summed E-state index contributed by atoms with van der Waals surface area (Å²) in [6.45, 7) is 6.05. The molecule has 0 bridgehead atoms. The van der Waals surface area contributed by atoms with E-state index in [4.69, 9.17) is 14.2 Å². The number of nitrogens with one attached hydrogen (secondary N) is 1. The molecule has 0 saturated carbocycles. The van der Waals surface area contributed by atoms with Gasteiger partial charge < -0.3 is 23.8 Å². The zero-order valence-electron chi connectivity index (χ0n) is 24.7. The predicted molar refractivity (Wildman–Crippen MR) is 166 cm³/mol. The van der Waals surface area contributed by atoms with Gasteiger partial charge in [0.15, 0.2) is 23.1 Å². The van der Waals surface area contributed by atoms with Gasteiger partial charge in [-0.15, -0.1) is 11.3 Å². The summed E-state index contributed by atoms with van der Waals surface area (Å²) in [6.07, 6.45) is 4.95. The standard InChI is InChI=1S/C31H34FN3O7S2/c1-20-6-4-12-35(19-20)13-5-14-41-28-18-24-22(17-27(28)39-2)25(9-11-33-24)42-26-8-7-21(16-23(26)32)34-44(37,38)29-10-15-43-30(29)31(36)40-3/h7-11,15-18,20,34H,4-6,12-14,19H2,1-3H3. The second kappa shape index (κ2) is 13.8. The number of anilines is 1. The van der Waals surface area contributed by atoms with E-state index in [9.17, 15) is 13.2 Å². The lowest BCUT2D eigenvalue weighted by atomic mass is 10.0. The van der Waals surface area contributed by atoms with Gasteiger partial charge in [-0.2, -0.15) is 0 Å². The number of nitrogens with zero attached hydrogens (tertiary/aromatic N) is 2. The van der Waals surface area contributed by atoms with Crippen molar-refractivity contribution in [2.24, 2.45) is 5.92 Å². The summed E-state index contributed by atoms with van der Waals surface area (Å²) in [5.41, 5.74) is 0.528. The smallest absolute Gasteiger partial charge is 0.349 e. The molecule has 0 radical (unpaired) electrons. The first-order valence-electron chi connectivity index (χ1n) is 14.2. The first kappa shape index (κ1) is 31.5. The van der Waals surface area contributed by atoms with Crippen LogP contribution < -0.4 is 18.9 Å². The third-order valence-electron chi connectivity index (χ3n) is 7.30. The number of methoxy groups -OCH3 is 2. The van der Waals surface area contributed by atoms with Crippen LogP contribution in [0.1, 0.15) is 35.9 Å². The van der Waals surface area contributed by atoms with Crippen LogP contribution in [-0.4, -0.2) is 64.7 Å². The molecule has 0 spiro atoms. The van der Waals surface area contributed by atoms with Gasteiger partial charge in [0.25, 0.3) is 10.0 Å². The molecule has 1 fully saturated rings. The van der Waals surface area contributed by atoms with Crippen LogP contribution in [0.2, 0.25) is 0 Å². The lowest BCUT2D eigenvalue weighted by Crippen LogP contribution is -2.35. The average Bonchev–Trinajstić information content (AvgIpc) is 3.51. The van der Waals surface area contributed by atoms with E-state index in [0.29, 0.717) is 34.8 Å². The molecule has 1 saturated heterocycles. The maximum Gasteiger partial charge on any atom is 0.349 e. The van der Waals surface area contributed by atoms with E-state index in [2.05, 4.69) is 26.3 Å².